The Hall–Kier alpha value is -0.980. The number of nitrogens with zero attached hydrogens (tertiary/aromatic N) is 3. The molecule has 0 radical (unpaired) electrons. The Balaban J connectivity index is 1.56. The average Bonchev–Trinajstić information content (AvgIpc) is 2.85. The summed E-state index contributed by atoms with van der Waals surface area (Å²) in [5.41, 5.74) is -0.0166. The molecule has 2 aliphatic rings. The van der Waals surface area contributed by atoms with Gasteiger partial charge in [0.25, 0.3) is 0 Å². The van der Waals surface area contributed by atoms with Gasteiger partial charge in [-0.05, 0) is 39.8 Å². The lowest BCUT2D eigenvalue weighted by atomic mass is 9.58. The first-order valence-electron chi connectivity index (χ1n) is 7.45. The number of rotatable bonds is 4. The molecule has 1 aromatic rings. The molecule has 1 aliphatic carbocycles. The first-order valence-corrected chi connectivity index (χ1v) is 7.45. The number of aliphatic hydroxyl groups is 1. The molecule has 1 spiro atoms. The number of hydrogen-bond acceptors (Lipinski definition) is 6. The van der Waals surface area contributed by atoms with Crippen LogP contribution in [0.2, 0.25) is 0 Å². The monoisotopic (exact) mass is 281 g/mol. The highest BCUT2D eigenvalue weighted by molar-refractivity contribution is 5.06. The predicted octanol–water partition coefficient (Wildman–Crippen LogP) is 1.13. The van der Waals surface area contributed by atoms with Crippen LogP contribution in [0.15, 0.2) is 4.52 Å². The minimum absolute atomic E-state index is 0.0166. The molecule has 6 nitrogen and oxygen atoms in total. The summed E-state index contributed by atoms with van der Waals surface area (Å²) >= 11 is 0. The summed E-state index contributed by atoms with van der Waals surface area (Å²) in [5, 5.41) is 14.0. The number of aliphatic hydroxyl groups excluding tert-OH is 1. The predicted molar refractivity (Wildman–Crippen MR) is 72.0 cm³/mol. The molecule has 2 unspecified atom stereocenters. The van der Waals surface area contributed by atoms with Crippen LogP contribution in [0, 0.1) is 12.3 Å². The molecule has 1 saturated heterocycles. The van der Waals surface area contributed by atoms with E-state index in [2.05, 4.69) is 15.0 Å². The lowest BCUT2D eigenvalue weighted by Gasteiger charge is -2.56. The third kappa shape index (κ3) is 2.36. The number of aromatic nitrogens is 2. The van der Waals surface area contributed by atoms with Crippen molar-refractivity contribution in [2.24, 2.45) is 5.41 Å². The molecule has 1 aliphatic heterocycles. The van der Waals surface area contributed by atoms with E-state index in [-0.39, 0.29) is 17.6 Å². The second-order valence-electron chi connectivity index (χ2n) is 5.94. The molecule has 1 aromatic heterocycles. The number of piperidine rings is 1. The Morgan fingerprint density at radius 3 is 2.75 bits per heavy atom. The van der Waals surface area contributed by atoms with Gasteiger partial charge in [0.15, 0.2) is 5.82 Å². The van der Waals surface area contributed by atoms with Gasteiger partial charge in [-0.25, -0.2) is 0 Å². The van der Waals surface area contributed by atoms with Gasteiger partial charge >= 0.3 is 0 Å². The van der Waals surface area contributed by atoms with E-state index in [0.29, 0.717) is 18.3 Å². The standard InChI is InChI=1S/C14H23N3O3/c1-3-19-12-8-11(18)14(12)4-6-17(7-5-14)9-13-15-10(2)16-20-13/h11-12,18H,3-9H2,1-2H3. The molecule has 1 saturated carbocycles. The van der Waals surface area contributed by atoms with Crippen molar-refractivity contribution in [1.29, 1.82) is 0 Å². The summed E-state index contributed by atoms with van der Waals surface area (Å²) in [6.07, 6.45) is 2.77. The number of aryl methyl sites for hydroxylation is 1. The first-order chi connectivity index (χ1) is 9.64. The number of likely N-dealkylation sites (tertiary alicyclic amines) is 1. The molecule has 0 amide bonds. The summed E-state index contributed by atoms with van der Waals surface area (Å²) in [5.74, 6) is 1.35. The number of ether oxygens (including phenoxy) is 1. The molecular weight excluding hydrogens is 258 g/mol. The van der Waals surface area contributed by atoms with Crippen molar-refractivity contribution in [2.75, 3.05) is 19.7 Å². The van der Waals surface area contributed by atoms with Crippen molar-refractivity contribution in [1.82, 2.24) is 15.0 Å². The minimum atomic E-state index is -0.202. The second-order valence-corrected chi connectivity index (χ2v) is 5.94. The first kappa shape index (κ1) is 14.0. The highest BCUT2D eigenvalue weighted by atomic mass is 16.5. The maximum Gasteiger partial charge on any atom is 0.240 e. The van der Waals surface area contributed by atoms with Crippen molar-refractivity contribution >= 4 is 0 Å². The molecule has 1 N–H and O–H groups in total. The molecular formula is C14H23N3O3. The second kappa shape index (κ2) is 5.42. The Morgan fingerprint density at radius 2 is 2.20 bits per heavy atom. The maximum absolute atomic E-state index is 10.2. The van der Waals surface area contributed by atoms with Crippen LogP contribution in [0.1, 0.15) is 37.9 Å². The molecule has 0 bridgehead atoms. The van der Waals surface area contributed by atoms with Gasteiger partial charge in [-0.15, -0.1) is 0 Å². The van der Waals surface area contributed by atoms with Gasteiger partial charge in [0.05, 0.1) is 18.8 Å². The highest BCUT2D eigenvalue weighted by Gasteiger charge is 2.55. The average molecular weight is 281 g/mol. The minimum Gasteiger partial charge on any atom is -0.392 e. The van der Waals surface area contributed by atoms with Crippen LogP contribution in [0.5, 0.6) is 0 Å². The largest absolute Gasteiger partial charge is 0.392 e. The van der Waals surface area contributed by atoms with E-state index in [1.54, 1.807) is 0 Å². The van der Waals surface area contributed by atoms with Gasteiger partial charge in [-0.2, -0.15) is 4.98 Å². The lowest BCUT2D eigenvalue weighted by molar-refractivity contribution is -0.210. The molecule has 112 valence electrons. The van der Waals surface area contributed by atoms with Crippen LogP contribution >= 0.6 is 0 Å². The molecule has 3 rings (SSSR count). The zero-order valence-electron chi connectivity index (χ0n) is 12.2. The van der Waals surface area contributed by atoms with Crippen LogP contribution in [-0.2, 0) is 11.3 Å². The van der Waals surface area contributed by atoms with Crippen molar-refractivity contribution < 1.29 is 14.4 Å². The molecule has 2 heterocycles. The summed E-state index contributed by atoms with van der Waals surface area (Å²) in [6.45, 7) is 7.17. The topological polar surface area (TPSA) is 71.6 Å². The van der Waals surface area contributed by atoms with Crippen LogP contribution in [0.25, 0.3) is 0 Å². The highest BCUT2D eigenvalue weighted by Crippen LogP contribution is 2.50. The zero-order chi connectivity index (χ0) is 14.2. The van der Waals surface area contributed by atoms with Crippen molar-refractivity contribution in [3.05, 3.63) is 11.7 Å². The normalized spacial score (nSPS) is 29.6. The van der Waals surface area contributed by atoms with Gasteiger partial charge < -0.3 is 14.4 Å². The Kier molecular flexibility index (Phi) is 3.79. The Bertz CT molecular complexity index is 452. The van der Waals surface area contributed by atoms with E-state index in [1.807, 2.05) is 13.8 Å². The molecule has 0 aromatic carbocycles. The van der Waals surface area contributed by atoms with E-state index in [0.717, 1.165) is 39.0 Å². The van der Waals surface area contributed by atoms with Crippen LogP contribution in [-0.4, -0.2) is 52.1 Å². The summed E-state index contributed by atoms with van der Waals surface area (Å²) in [6, 6.07) is 0. The molecule has 2 fully saturated rings. The van der Waals surface area contributed by atoms with Gasteiger partial charge in [0.1, 0.15) is 0 Å². The van der Waals surface area contributed by atoms with Gasteiger partial charge in [-0.1, -0.05) is 5.16 Å². The van der Waals surface area contributed by atoms with E-state index >= 15 is 0 Å². The third-order valence-electron chi connectivity index (χ3n) is 4.83. The van der Waals surface area contributed by atoms with E-state index in [1.165, 1.54) is 0 Å². The summed E-state index contributed by atoms with van der Waals surface area (Å²) in [7, 11) is 0. The van der Waals surface area contributed by atoms with E-state index < -0.39 is 0 Å². The fourth-order valence-electron chi connectivity index (χ4n) is 3.54. The van der Waals surface area contributed by atoms with Gasteiger partial charge in [0, 0.05) is 18.4 Å². The maximum atomic E-state index is 10.2. The van der Waals surface area contributed by atoms with Gasteiger partial charge in [-0.3, -0.25) is 4.90 Å². The van der Waals surface area contributed by atoms with Crippen molar-refractivity contribution in [3.8, 4) is 0 Å². The molecule has 6 heteroatoms. The fourth-order valence-corrected chi connectivity index (χ4v) is 3.54. The summed E-state index contributed by atoms with van der Waals surface area (Å²) < 4.78 is 10.9. The van der Waals surface area contributed by atoms with Crippen LogP contribution in [0.3, 0.4) is 0 Å². The van der Waals surface area contributed by atoms with E-state index in [9.17, 15) is 5.11 Å². The van der Waals surface area contributed by atoms with Crippen molar-refractivity contribution in [3.63, 3.8) is 0 Å². The lowest BCUT2D eigenvalue weighted by Crippen LogP contribution is -2.62. The Morgan fingerprint density at radius 1 is 1.45 bits per heavy atom. The number of hydrogen-bond donors (Lipinski definition) is 1. The molecule has 20 heavy (non-hydrogen) atoms. The van der Waals surface area contributed by atoms with Crippen LogP contribution in [0.4, 0.5) is 0 Å². The zero-order valence-corrected chi connectivity index (χ0v) is 12.2. The van der Waals surface area contributed by atoms with E-state index in [4.69, 9.17) is 9.26 Å². The Labute approximate surface area is 119 Å². The van der Waals surface area contributed by atoms with Crippen molar-refractivity contribution in [2.45, 2.75) is 51.9 Å². The van der Waals surface area contributed by atoms with Gasteiger partial charge in [0.2, 0.25) is 5.89 Å². The quantitative estimate of drug-likeness (QED) is 0.892. The SMILES string of the molecule is CCOC1CC(O)C12CCN(Cc1nc(C)no1)CC2. The third-order valence-corrected chi connectivity index (χ3v) is 4.83. The van der Waals surface area contributed by atoms with Crippen LogP contribution < -0.4 is 0 Å². The smallest absolute Gasteiger partial charge is 0.240 e. The fraction of sp³-hybridized carbons (Fsp3) is 0.857. The summed E-state index contributed by atoms with van der Waals surface area (Å²) in [4.78, 5) is 6.55. The molecule has 2 atom stereocenters.